The zero-order chi connectivity index (χ0) is 29.6. The monoisotopic (exact) mass is 579 g/mol. The van der Waals surface area contributed by atoms with E-state index in [1.54, 1.807) is 0 Å². The van der Waals surface area contributed by atoms with Gasteiger partial charge in [-0.2, -0.15) is 31.4 Å². The smallest absolute Gasteiger partial charge is 0.370 e. The van der Waals surface area contributed by atoms with Gasteiger partial charge in [-0.1, -0.05) is 0 Å². The molecule has 1 fully saturated rings. The summed E-state index contributed by atoms with van der Waals surface area (Å²) >= 11 is 0. The molecule has 0 amide bonds. The van der Waals surface area contributed by atoms with E-state index in [0.29, 0.717) is 19.6 Å². The van der Waals surface area contributed by atoms with Gasteiger partial charge in [-0.05, 0) is 37.6 Å². The number of alkyl halides is 6. The number of fused-ring (bicyclic) bond motifs is 3. The van der Waals surface area contributed by atoms with Gasteiger partial charge in [0, 0.05) is 48.2 Å². The lowest BCUT2D eigenvalue weighted by atomic mass is 9.93. The predicted octanol–water partition coefficient (Wildman–Crippen LogP) is 3.74. The van der Waals surface area contributed by atoms with Gasteiger partial charge in [0.1, 0.15) is 17.7 Å². The number of nitrogens with two attached hydrogens (primary N) is 1. The summed E-state index contributed by atoms with van der Waals surface area (Å²) in [5.74, 6) is -7.80. The SMILES string of the molecule is Cc1ccn2nc3c(c2n1)CN([C@H]1COC(c2cc(F)ccc2F)[C@@H](N)C1)C3.O=C(C(=O)C(F)(F)F)C(F)(F)F. The van der Waals surface area contributed by atoms with Crippen LogP contribution in [-0.2, 0) is 27.4 Å². The second-order valence-corrected chi connectivity index (χ2v) is 9.29. The quantitative estimate of drug-likeness (QED) is 0.373. The normalized spacial score (nSPS) is 21.6. The lowest BCUT2D eigenvalue weighted by Gasteiger charge is -2.38. The molecule has 40 heavy (non-hydrogen) atoms. The number of rotatable bonds is 3. The van der Waals surface area contributed by atoms with Gasteiger partial charge in [-0.25, -0.2) is 18.3 Å². The highest BCUT2D eigenvalue weighted by molar-refractivity contribution is 6.41. The molecular weight excluding hydrogens is 558 g/mol. The average molecular weight is 579 g/mol. The Bertz CT molecular complexity index is 1410. The summed E-state index contributed by atoms with van der Waals surface area (Å²) in [5, 5.41) is 4.63. The molecule has 8 nitrogen and oxygen atoms in total. The number of aromatic nitrogens is 3. The Morgan fingerprint density at radius 2 is 1.68 bits per heavy atom. The molecule has 16 heteroatoms. The maximum atomic E-state index is 14.1. The van der Waals surface area contributed by atoms with Crippen molar-refractivity contribution < 1.29 is 49.4 Å². The van der Waals surface area contributed by atoms with Crippen LogP contribution in [0.5, 0.6) is 0 Å². The molecule has 1 aromatic carbocycles. The van der Waals surface area contributed by atoms with Crippen LogP contribution in [0.3, 0.4) is 0 Å². The Kier molecular flexibility index (Phi) is 7.97. The van der Waals surface area contributed by atoms with E-state index in [-0.39, 0.29) is 11.6 Å². The van der Waals surface area contributed by atoms with Crippen LogP contribution in [0.1, 0.15) is 35.0 Å². The number of Topliss-reactive ketones (excluding diaryl/α,β-unsaturated/α-hetero) is 2. The van der Waals surface area contributed by atoms with Crippen molar-refractivity contribution in [2.24, 2.45) is 5.73 Å². The Hall–Kier alpha value is -3.50. The molecule has 1 saturated heterocycles. The van der Waals surface area contributed by atoms with Gasteiger partial charge in [0.05, 0.1) is 12.3 Å². The first-order valence-electron chi connectivity index (χ1n) is 11.7. The molecule has 2 N–H and O–H groups in total. The minimum Gasteiger partial charge on any atom is -0.370 e. The fraction of sp³-hybridized carbons (Fsp3) is 0.417. The van der Waals surface area contributed by atoms with E-state index in [2.05, 4.69) is 15.0 Å². The first kappa shape index (κ1) is 29.5. The molecule has 2 aromatic heterocycles. The number of carbonyl (C=O) groups is 2. The van der Waals surface area contributed by atoms with E-state index in [1.165, 1.54) is 6.07 Å². The number of hydrogen-bond donors (Lipinski definition) is 1. The van der Waals surface area contributed by atoms with E-state index < -0.39 is 47.7 Å². The van der Waals surface area contributed by atoms with Gasteiger partial charge in [0.15, 0.2) is 5.65 Å². The van der Waals surface area contributed by atoms with Crippen molar-refractivity contribution in [3.8, 4) is 0 Å². The molecule has 0 spiro atoms. The zero-order valence-electron chi connectivity index (χ0n) is 20.6. The first-order valence-corrected chi connectivity index (χ1v) is 11.7. The minimum atomic E-state index is -5.77. The average Bonchev–Trinajstić information content (AvgIpc) is 3.42. The largest absolute Gasteiger partial charge is 0.458 e. The van der Waals surface area contributed by atoms with Crippen LogP contribution in [-0.4, -0.2) is 62.1 Å². The third-order valence-electron chi connectivity index (χ3n) is 6.42. The number of ether oxygens (including phenoxy) is 1. The topological polar surface area (TPSA) is 103 Å². The molecule has 2 aliphatic rings. The Balaban J connectivity index is 0.000000263. The van der Waals surface area contributed by atoms with Crippen LogP contribution in [0.4, 0.5) is 35.1 Å². The van der Waals surface area contributed by atoms with E-state index in [9.17, 15) is 44.7 Å². The lowest BCUT2D eigenvalue weighted by Crippen LogP contribution is -2.47. The fourth-order valence-electron chi connectivity index (χ4n) is 4.52. The highest BCUT2D eigenvalue weighted by Crippen LogP contribution is 2.35. The van der Waals surface area contributed by atoms with Crippen molar-refractivity contribution in [2.45, 2.75) is 57.0 Å². The second kappa shape index (κ2) is 10.8. The molecule has 5 rings (SSSR count). The molecule has 4 heterocycles. The molecule has 0 aliphatic carbocycles. The van der Waals surface area contributed by atoms with Crippen LogP contribution in [0.25, 0.3) is 5.65 Å². The molecule has 0 bridgehead atoms. The van der Waals surface area contributed by atoms with Gasteiger partial charge in [0.2, 0.25) is 0 Å². The van der Waals surface area contributed by atoms with Crippen LogP contribution in [0, 0.1) is 18.6 Å². The van der Waals surface area contributed by atoms with Gasteiger partial charge >= 0.3 is 23.9 Å². The standard InChI is InChI=1S/C20H21F2N5O.C4F6O2/c1-11-4-5-27-20(24-11)15-8-26(9-18(15)25-27)13-7-17(23)19(28-10-13)14-6-12(21)2-3-16(14)22;5-3(6,7)1(11)2(12)4(8,9)10/h2-6,13,17,19H,7-10,23H2,1H3;/t13-,17+,19?;/m1./s1. The van der Waals surface area contributed by atoms with Crippen molar-refractivity contribution in [3.05, 3.63) is 64.6 Å². The Morgan fingerprint density at radius 3 is 2.27 bits per heavy atom. The third kappa shape index (κ3) is 6.13. The Morgan fingerprint density at radius 1 is 1.02 bits per heavy atom. The molecule has 0 saturated carbocycles. The lowest BCUT2D eigenvalue weighted by molar-refractivity contribution is -0.193. The van der Waals surface area contributed by atoms with Gasteiger partial charge in [-0.3, -0.25) is 14.5 Å². The van der Waals surface area contributed by atoms with Gasteiger partial charge in [-0.15, -0.1) is 0 Å². The van der Waals surface area contributed by atoms with Gasteiger partial charge < -0.3 is 10.5 Å². The molecule has 0 radical (unpaired) electrons. The van der Waals surface area contributed by atoms with Crippen molar-refractivity contribution in [1.29, 1.82) is 0 Å². The summed E-state index contributed by atoms with van der Waals surface area (Å²) < 4.78 is 102. The van der Waals surface area contributed by atoms with Crippen LogP contribution >= 0.6 is 0 Å². The number of nitrogens with zero attached hydrogens (tertiary/aromatic N) is 4. The summed E-state index contributed by atoms with van der Waals surface area (Å²) in [4.78, 5) is 26.1. The molecular formula is C24H21F8N5O3. The maximum absolute atomic E-state index is 14.1. The van der Waals surface area contributed by atoms with Gasteiger partial charge in [0.25, 0.3) is 0 Å². The number of aryl methyl sites for hydroxylation is 1. The highest BCUT2D eigenvalue weighted by atomic mass is 19.4. The highest BCUT2D eigenvalue weighted by Gasteiger charge is 2.54. The summed E-state index contributed by atoms with van der Waals surface area (Å²) in [6, 6.07) is 5.02. The summed E-state index contributed by atoms with van der Waals surface area (Å²) in [6.45, 7) is 3.81. The van der Waals surface area contributed by atoms with Crippen LogP contribution < -0.4 is 5.73 Å². The molecule has 1 unspecified atom stereocenters. The zero-order valence-corrected chi connectivity index (χ0v) is 20.6. The van der Waals surface area contributed by atoms with Crippen molar-refractivity contribution >= 4 is 17.2 Å². The number of carbonyl (C=O) groups excluding carboxylic acids is 2. The molecule has 3 aromatic rings. The predicted molar refractivity (Wildman–Crippen MR) is 121 cm³/mol. The number of halogens is 8. The molecule has 216 valence electrons. The third-order valence-corrected chi connectivity index (χ3v) is 6.42. The van der Waals surface area contributed by atoms with Crippen molar-refractivity contribution in [2.75, 3.05) is 6.61 Å². The number of ketones is 2. The van der Waals surface area contributed by atoms with Crippen LogP contribution in [0.15, 0.2) is 30.5 Å². The maximum Gasteiger partial charge on any atom is 0.458 e. The summed E-state index contributed by atoms with van der Waals surface area (Å²) in [6.07, 6.45) is -9.61. The van der Waals surface area contributed by atoms with Crippen molar-refractivity contribution in [3.63, 3.8) is 0 Å². The summed E-state index contributed by atoms with van der Waals surface area (Å²) in [5.41, 5.74) is 10.5. The van der Waals surface area contributed by atoms with E-state index in [1.807, 2.05) is 23.7 Å². The fourth-order valence-corrected chi connectivity index (χ4v) is 4.52. The molecule has 3 atom stereocenters. The number of hydrogen-bond acceptors (Lipinski definition) is 7. The first-order chi connectivity index (χ1) is 18.6. The number of benzene rings is 1. The minimum absolute atomic E-state index is 0.0990. The summed E-state index contributed by atoms with van der Waals surface area (Å²) in [7, 11) is 0. The van der Waals surface area contributed by atoms with E-state index >= 15 is 0 Å². The second-order valence-electron chi connectivity index (χ2n) is 9.29. The molecule has 2 aliphatic heterocycles. The Labute approximate surface area is 220 Å². The van der Waals surface area contributed by atoms with E-state index in [0.717, 1.165) is 41.3 Å². The van der Waals surface area contributed by atoms with Crippen molar-refractivity contribution in [1.82, 2.24) is 19.5 Å². The van der Waals surface area contributed by atoms with Crippen LogP contribution in [0.2, 0.25) is 0 Å². The van der Waals surface area contributed by atoms with E-state index in [4.69, 9.17) is 10.5 Å².